The van der Waals surface area contributed by atoms with Crippen LogP contribution < -0.4 is 10.6 Å². The molecule has 8 nitrogen and oxygen atoms in total. The Balaban J connectivity index is 1.62. The third kappa shape index (κ3) is 5.90. The summed E-state index contributed by atoms with van der Waals surface area (Å²) in [6.45, 7) is 0.502. The molecule has 9 heteroatoms. The van der Waals surface area contributed by atoms with Crippen LogP contribution in [0.15, 0.2) is 72.8 Å². The van der Waals surface area contributed by atoms with E-state index in [1.807, 2.05) is 54.6 Å². The molecule has 0 aliphatic heterocycles. The summed E-state index contributed by atoms with van der Waals surface area (Å²) in [5.41, 5.74) is 3.23. The number of aromatic nitrogens is 2. The average Bonchev–Trinajstić information content (AvgIpc) is 3.34. The molecule has 5 N–H and O–H groups in total. The highest BCUT2D eigenvalue weighted by atomic mass is 35.5. The molecule has 0 aliphatic carbocycles. The quantitative estimate of drug-likeness (QED) is 0.0900. The highest BCUT2D eigenvalue weighted by molar-refractivity contribution is 6.27. The number of H-pyrrole nitrogens is 1. The summed E-state index contributed by atoms with van der Waals surface area (Å²) >= 11 is 5.66. The minimum absolute atomic E-state index is 0.0759. The third-order valence-electron chi connectivity index (χ3n) is 5.79. The van der Waals surface area contributed by atoms with Gasteiger partial charge >= 0.3 is 5.97 Å². The van der Waals surface area contributed by atoms with Crippen LogP contribution in [0.25, 0.3) is 22.2 Å². The first-order valence-corrected chi connectivity index (χ1v) is 12.0. The van der Waals surface area contributed by atoms with Crippen LogP contribution in [0.1, 0.15) is 45.4 Å². The minimum Gasteiger partial charge on any atom is -0.478 e. The van der Waals surface area contributed by atoms with Crippen molar-refractivity contribution in [3.05, 3.63) is 89.7 Å². The van der Waals surface area contributed by atoms with E-state index < -0.39 is 17.9 Å². The molecule has 0 radical (unpaired) electrons. The molecule has 4 rings (SSSR count). The maximum absolute atomic E-state index is 13.5. The van der Waals surface area contributed by atoms with Crippen LogP contribution in [0.3, 0.4) is 0 Å². The fourth-order valence-corrected chi connectivity index (χ4v) is 4.07. The summed E-state index contributed by atoms with van der Waals surface area (Å²) in [5, 5.41) is 23.3. The van der Waals surface area contributed by atoms with E-state index >= 15 is 0 Å². The van der Waals surface area contributed by atoms with Gasteiger partial charge in [0.25, 0.3) is 5.91 Å². The number of hydrogen-bond donors (Lipinski definition) is 5. The van der Waals surface area contributed by atoms with Gasteiger partial charge in [-0.2, -0.15) is 0 Å². The predicted molar refractivity (Wildman–Crippen MR) is 141 cm³/mol. The van der Waals surface area contributed by atoms with Crippen LogP contribution in [0.4, 0.5) is 0 Å². The zero-order chi connectivity index (χ0) is 25.5. The van der Waals surface area contributed by atoms with Crippen LogP contribution in [0.5, 0.6) is 0 Å². The number of carboxylic acids is 1. The summed E-state index contributed by atoms with van der Waals surface area (Å²) in [4.78, 5) is 33.3. The lowest BCUT2D eigenvalue weighted by molar-refractivity contribution is 0.0690. The maximum Gasteiger partial charge on any atom is 0.336 e. The molecule has 0 spiro atoms. The van der Waals surface area contributed by atoms with Gasteiger partial charge in [0.1, 0.15) is 11.7 Å². The number of alkyl halides is 1. The normalized spacial score (nSPS) is 11.7. The fraction of sp³-hybridized carbons (Fsp3) is 0.185. The highest BCUT2D eigenvalue weighted by Gasteiger charge is 2.23. The van der Waals surface area contributed by atoms with Crippen molar-refractivity contribution < 1.29 is 14.7 Å². The molecule has 1 heterocycles. The summed E-state index contributed by atoms with van der Waals surface area (Å²) in [7, 11) is 0. The number of aromatic carboxylic acids is 1. The number of benzene rings is 3. The molecule has 0 bridgehead atoms. The lowest BCUT2D eigenvalue weighted by Crippen LogP contribution is -2.32. The highest BCUT2D eigenvalue weighted by Crippen LogP contribution is 2.25. The molecule has 4 aromatic rings. The summed E-state index contributed by atoms with van der Waals surface area (Å²) in [6, 6.07) is 21.3. The molecule has 1 aromatic heterocycles. The number of para-hydroxylation sites is 2. The maximum atomic E-state index is 13.5. The molecule has 1 amide bonds. The van der Waals surface area contributed by atoms with Gasteiger partial charge in [0.2, 0.25) is 0 Å². The Morgan fingerprint density at radius 1 is 1.00 bits per heavy atom. The van der Waals surface area contributed by atoms with Crippen molar-refractivity contribution in [1.82, 2.24) is 20.6 Å². The van der Waals surface area contributed by atoms with E-state index in [1.165, 1.54) is 6.07 Å². The molecule has 1 atom stereocenters. The number of hydrogen-bond acceptors (Lipinski definition) is 4. The number of amides is 1. The van der Waals surface area contributed by atoms with Crippen LogP contribution in [-0.4, -0.2) is 45.2 Å². The molecular weight excluding hydrogens is 478 g/mol. The number of carbonyl (C=O) groups excluding carboxylic acids is 1. The lowest BCUT2D eigenvalue weighted by atomic mass is 9.98. The first-order chi connectivity index (χ1) is 17.5. The van der Waals surface area contributed by atoms with Gasteiger partial charge in [-0.25, -0.2) is 9.78 Å². The Morgan fingerprint density at radius 3 is 2.47 bits per heavy atom. The number of nitrogens with zero attached hydrogens (tertiary/aromatic N) is 1. The fourth-order valence-electron chi connectivity index (χ4n) is 3.97. The van der Waals surface area contributed by atoms with Gasteiger partial charge in [-0.1, -0.05) is 48.5 Å². The van der Waals surface area contributed by atoms with Crippen molar-refractivity contribution in [3.63, 3.8) is 0 Å². The Hall–Kier alpha value is -4.17. The lowest BCUT2D eigenvalue weighted by Gasteiger charge is -2.18. The van der Waals surface area contributed by atoms with Crippen LogP contribution >= 0.6 is 11.6 Å². The van der Waals surface area contributed by atoms with E-state index in [0.29, 0.717) is 25.2 Å². The number of carboxylic acid groups (broad SMARTS) is 1. The van der Waals surface area contributed by atoms with Crippen LogP contribution in [0.2, 0.25) is 0 Å². The van der Waals surface area contributed by atoms with E-state index in [9.17, 15) is 14.7 Å². The standard InChI is InChI=1S/C27H26ClN5O3/c28-16-24(29)30-14-6-11-23(25-31-21-9-4-5-10-22(21)32-25)33-26(34)20-15-18(12-13-19(20)27(35)36)17-7-2-1-3-8-17/h1-5,7-10,12-13,15,23H,6,11,14,16H2,(H2,29,30)(H,31,32)(H,33,34)(H,35,36)/t23-/m0/s1. The Morgan fingerprint density at radius 2 is 1.75 bits per heavy atom. The molecule has 36 heavy (non-hydrogen) atoms. The SMILES string of the molecule is N=C(CCl)NCCC[C@H](NC(=O)c1cc(-c2ccccc2)ccc1C(=O)O)c1nc2ccccc2[nH]1. The second kappa shape index (κ2) is 11.5. The van der Waals surface area contributed by atoms with Gasteiger partial charge in [-0.15, -0.1) is 11.6 Å². The monoisotopic (exact) mass is 503 g/mol. The number of aromatic amines is 1. The summed E-state index contributed by atoms with van der Waals surface area (Å²) in [5.74, 6) is -0.779. The molecule has 3 aromatic carbocycles. The third-order valence-corrected chi connectivity index (χ3v) is 6.05. The number of imidazole rings is 1. The summed E-state index contributed by atoms with van der Waals surface area (Å²) < 4.78 is 0. The van der Waals surface area contributed by atoms with Gasteiger partial charge in [0.15, 0.2) is 0 Å². The van der Waals surface area contributed by atoms with Crippen molar-refractivity contribution in [2.45, 2.75) is 18.9 Å². The minimum atomic E-state index is -1.18. The number of halogens is 1. The largest absolute Gasteiger partial charge is 0.478 e. The summed E-state index contributed by atoms with van der Waals surface area (Å²) in [6.07, 6.45) is 1.13. The van der Waals surface area contributed by atoms with Gasteiger partial charge in [-0.3, -0.25) is 10.2 Å². The van der Waals surface area contributed by atoms with E-state index in [2.05, 4.69) is 20.6 Å². The Bertz CT molecular complexity index is 1350. The van der Waals surface area contributed by atoms with E-state index in [1.54, 1.807) is 12.1 Å². The second-order valence-corrected chi connectivity index (χ2v) is 8.55. The first-order valence-electron chi connectivity index (χ1n) is 11.5. The van der Waals surface area contributed by atoms with Gasteiger partial charge in [0.05, 0.1) is 34.1 Å². The Labute approximate surface area is 213 Å². The Kier molecular flexibility index (Phi) is 7.97. The van der Waals surface area contributed by atoms with E-state index in [4.69, 9.17) is 17.0 Å². The molecule has 0 unspecified atom stereocenters. The van der Waals surface area contributed by atoms with Crippen molar-refractivity contribution in [2.75, 3.05) is 12.4 Å². The molecule has 0 aliphatic rings. The van der Waals surface area contributed by atoms with Crippen molar-refractivity contribution in [2.24, 2.45) is 0 Å². The number of amidine groups is 1. The number of nitrogens with one attached hydrogen (secondary N) is 4. The smallest absolute Gasteiger partial charge is 0.336 e. The van der Waals surface area contributed by atoms with Crippen molar-refractivity contribution in [1.29, 1.82) is 5.41 Å². The average molecular weight is 504 g/mol. The molecule has 0 saturated carbocycles. The zero-order valence-corrected chi connectivity index (χ0v) is 20.2. The predicted octanol–water partition coefficient (Wildman–Crippen LogP) is 4.99. The zero-order valence-electron chi connectivity index (χ0n) is 19.4. The molecule has 184 valence electrons. The van der Waals surface area contributed by atoms with Gasteiger partial charge in [0, 0.05) is 6.54 Å². The van der Waals surface area contributed by atoms with Crippen LogP contribution in [0, 0.1) is 5.41 Å². The topological polar surface area (TPSA) is 131 Å². The van der Waals surface area contributed by atoms with Crippen LogP contribution in [-0.2, 0) is 0 Å². The van der Waals surface area contributed by atoms with E-state index in [0.717, 1.165) is 22.2 Å². The second-order valence-electron chi connectivity index (χ2n) is 8.28. The number of carbonyl (C=O) groups is 2. The van der Waals surface area contributed by atoms with E-state index in [-0.39, 0.29) is 22.8 Å². The van der Waals surface area contributed by atoms with Crippen molar-refractivity contribution in [3.8, 4) is 11.1 Å². The van der Waals surface area contributed by atoms with Gasteiger partial charge in [-0.05, 0) is 48.2 Å². The molecule has 0 fully saturated rings. The molecule has 0 saturated heterocycles. The van der Waals surface area contributed by atoms with Crippen molar-refractivity contribution >= 4 is 40.3 Å². The number of fused-ring (bicyclic) bond motifs is 1. The molecular formula is C27H26ClN5O3. The van der Waals surface area contributed by atoms with Gasteiger partial charge < -0.3 is 20.7 Å². The number of rotatable bonds is 10. The first kappa shape index (κ1) is 24.9.